The molecule has 15 atom stereocenters. The number of amides is 4. The molecule has 2 saturated heterocycles. The van der Waals surface area contributed by atoms with Crippen LogP contribution in [0.25, 0.3) is 0 Å². The van der Waals surface area contributed by atoms with Crippen LogP contribution in [-0.2, 0) is 101 Å². The summed E-state index contributed by atoms with van der Waals surface area (Å²) in [5, 5.41) is 81.6. The predicted molar refractivity (Wildman–Crippen MR) is 291 cm³/mol. The molecule has 2 aliphatic rings. The number of hydrogen-bond donors (Lipinski definition) is 13. The topological polar surface area (TPSA) is 445 Å². The summed E-state index contributed by atoms with van der Waals surface area (Å²) in [7, 11) is -3.58. The Morgan fingerprint density at radius 3 is 1.33 bits per heavy atom. The average molecular weight is 1270 g/mol. The molecule has 83 heavy (non-hydrogen) atoms. The van der Waals surface area contributed by atoms with Crippen molar-refractivity contribution in [3.8, 4) is 0 Å². The lowest BCUT2D eigenvalue weighted by Crippen LogP contribution is -2.64. The number of nitrogens with one attached hydrogen (secondary N) is 4. The Balaban J connectivity index is 1.82. The minimum atomic E-state index is -4.53. The second-order valence-corrected chi connectivity index (χ2v) is 24.0. The van der Waals surface area contributed by atoms with Gasteiger partial charge < -0.3 is 123 Å². The minimum absolute atomic E-state index is 0.000712. The summed E-state index contributed by atoms with van der Waals surface area (Å²) < 4.78 is 88.7. The maximum absolute atomic E-state index is 13.1. The van der Waals surface area contributed by atoms with Crippen molar-refractivity contribution >= 4 is 50.0 Å². The summed E-state index contributed by atoms with van der Waals surface area (Å²) >= 11 is 5.41. The van der Waals surface area contributed by atoms with Crippen LogP contribution in [0.2, 0.25) is 0 Å². The van der Waals surface area contributed by atoms with Crippen molar-refractivity contribution in [2.24, 2.45) is 0 Å². The van der Waals surface area contributed by atoms with Crippen LogP contribution in [0, 0.1) is 0 Å². The van der Waals surface area contributed by atoms with Crippen molar-refractivity contribution in [2.75, 3.05) is 126 Å². The molecule has 32 nitrogen and oxygen atoms in total. The van der Waals surface area contributed by atoms with Gasteiger partial charge in [0, 0.05) is 21.0 Å². The van der Waals surface area contributed by atoms with E-state index in [0.29, 0.717) is 12.8 Å². The number of rotatable bonds is 46. The van der Waals surface area contributed by atoms with Gasteiger partial charge in [0.05, 0.1) is 129 Å². The summed E-state index contributed by atoms with van der Waals surface area (Å²) in [4.78, 5) is 70.7. The highest BCUT2D eigenvalue weighted by Crippen LogP contribution is 2.50. The third kappa shape index (κ3) is 30.5. The fourth-order valence-electron chi connectivity index (χ4n) is 8.21. The first kappa shape index (κ1) is 76.9. The molecule has 0 aromatic rings. The molecule has 5 unspecified atom stereocenters. The minimum Gasteiger partial charge on any atom is -0.394 e. The first-order valence-corrected chi connectivity index (χ1v) is 31.3. The van der Waals surface area contributed by atoms with Crippen molar-refractivity contribution in [3.63, 3.8) is 0 Å². The normalized spacial score (nSPS) is 26.0. The molecule has 2 heterocycles. The lowest BCUT2D eigenvalue weighted by molar-refractivity contribution is -0.272. The maximum Gasteiger partial charge on any atom is 0.471 e. The van der Waals surface area contributed by atoms with E-state index in [9.17, 15) is 69.3 Å². The van der Waals surface area contributed by atoms with Gasteiger partial charge in [-0.15, -0.1) is 0 Å². The van der Waals surface area contributed by atoms with Crippen LogP contribution in [0.15, 0.2) is 0 Å². The van der Waals surface area contributed by atoms with E-state index in [1.54, 1.807) is 27.7 Å². The molecular weight excluding hydrogens is 1170 g/mol. The fourth-order valence-corrected chi connectivity index (χ4v) is 10.6. The lowest BCUT2D eigenvalue weighted by Gasteiger charge is -2.42. The van der Waals surface area contributed by atoms with E-state index >= 15 is 0 Å². The number of phosphoric acid groups is 1. The molecule has 0 spiro atoms. The van der Waals surface area contributed by atoms with Gasteiger partial charge >= 0.3 is 14.5 Å². The van der Waals surface area contributed by atoms with Crippen LogP contribution in [0.3, 0.4) is 0 Å². The molecule has 0 radical (unpaired) electrons. The number of carbonyl (C=O) groups is 4. The molecule has 2 rings (SSSR count). The van der Waals surface area contributed by atoms with Gasteiger partial charge in [-0.25, -0.2) is 4.57 Å². The van der Waals surface area contributed by atoms with Crippen molar-refractivity contribution in [3.05, 3.63) is 0 Å². The van der Waals surface area contributed by atoms with Crippen molar-refractivity contribution in [1.29, 1.82) is 0 Å². The Kier molecular flexibility index (Phi) is 37.4. The third-order valence-electron chi connectivity index (χ3n) is 13.0. The Morgan fingerprint density at radius 1 is 0.590 bits per heavy atom. The Hall–Kier alpha value is -2.16. The van der Waals surface area contributed by atoms with E-state index in [4.69, 9.17) is 72.7 Å². The lowest BCUT2D eigenvalue weighted by atomic mass is 9.90. The third-order valence-corrected chi connectivity index (χ3v) is 15.6. The molecule has 2 fully saturated rings. The summed E-state index contributed by atoms with van der Waals surface area (Å²) in [5.41, 5.74) is -2.59. The van der Waals surface area contributed by atoms with Crippen molar-refractivity contribution in [1.82, 2.24) is 21.3 Å². The van der Waals surface area contributed by atoms with E-state index < -0.39 is 162 Å². The zero-order valence-corrected chi connectivity index (χ0v) is 50.9. The van der Waals surface area contributed by atoms with E-state index in [1.165, 1.54) is 13.8 Å². The molecule has 4 amide bonds. The van der Waals surface area contributed by atoms with Gasteiger partial charge in [-0.05, 0) is 50.8 Å². The predicted octanol–water partition coefficient (Wildman–Crippen LogP) is -3.51. The van der Waals surface area contributed by atoms with E-state index in [-0.39, 0.29) is 98.5 Å². The summed E-state index contributed by atoms with van der Waals surface area (Å²) in [6.45, 7) is 2.85. The Bertz CT molecular complexity index is 1960. The highest BCUT2D eigenvalue weighted by molar-refractivity contribution is 8.07. The van der Waals surface area contributed by atoms with Gasteiger partial charge in [0.15, 0.2) is 12.6 Å². The number of ether oxygens (including phenoxy) is 10. The van der Waals surface area contributed by atoms with Gasteiger partial charge in [0.1, 0.15) is 61.9 Å². The smallest absolute Gasteiger partial charge is 0.394 e. The number of carbonyl (C=O) groups excluding carboxylic acids is 4. The van der Waals surface area contributed by atoms with E-state index in [2.05, 4.69) is 25.8 Å². The standard InChI is InChI=1S/C48H92N4O28P2S/c1-8-47(6,23-33(27-76-81(64,65)67-7)51-37(57)29-72-17-15-68-11-13-70-19-21-74-45-39(49-31(4)55)43(61)41(59)35(25-53)78-45)80-82(66,83)77-28-34(24-48(63,9-2)10-3)52-38(58)30-73-18-16-69-12-14-71-20-22-75-46-40(50-32(5)56)44(62)42(60)36(26-54)79-46/h33-36,39-46,53-54,59-63H,8-30H2,1-7H3,(H,49,55)(H,50,56)(H,51,57)(H,52,58)(H,64,65)(H,66,83)/t33?,34?,35-,36-,39-,40-,41+,42+,43-,44-,45-,46-,47?,82?/m1/s1. The average Bonchev–Trinajstić information content (AvgIpc) is 3.62. The zero-order chi connectivity index (χ0) is 62.2. The monoisotopic (exact) mass is 1270 g/mol. The van der Waals surface area contributed by atoms with Crippen LogP contribution in [0.4, 0.5) is 0 Å². The summed E-state index contributed by atoms with van der Waals surface area (Å²) in [6, 6.07) is -4.12. The molecule has 0 aliphatic carbocycles. The number of aliphatic hydroxyl groups excluding tert-OH is 6. The molecule has 2 aliphatic heterocycles. The molecule has 35 heteroatoms. The van der Waals surface area contributed by atoms with Gasteiger partial charge in [0.2, 0.25) is 23.6 Å². The summed E-state index contributed by atoms with van der Waals surface area (Å²) in [5.74, 6) is -2.22. The Morgan fingerprint density at radius 2 is 0.964 bits per heavy atom. The van der Waals surface area contributed by atoms with Crippen molar-refractivity contribution < 1.29 is 135 Å². The van der Waals surface area contributed by atoms with Crippen LogP contribution in [-0.4, -0.2) is 280 Å². The first-order valence-electron chi connectivity index (χ1n) is 27.2. The quantitative estimate of drug-likeness (QED) is 0.0208. The largest absolute Gasteiger partial charge is 0.471 e. The van der Waals surface area contributed by atoms with Gasteiger partial charge in [-0.2, -0.15) is 0 Å². The molecule has 0 aromatic carbocycles. The summed E-state index contributed by atoms with van der Waals surface area (Å²) in [6.07, 6.45) is -9.73. The second kappa shape index (κ2) is 40.4. The highest BCUT2D eigenvalue weighted by atomic mass is 32.5. The van der Waals surface area contributed by atoms with Gasteiger partial charge in [-0.3, -0.25) is 28.2 Å². The van der Waals surface area contributed by atoms with Crippen LogP contribution < -0.4 is 21.3 Å². The number of hydrogen-bond acceptors (Lipinski definition) is 27. The van der Waals surface area contributed by atoms with E-state index in [0.717, 1.165) is 7.11 Å². The SMILES string of the molecule is CCC(O)(CC)CC(COP(O)(=S)OC(C)(CC)CC(COP(=O)(O)OC)NC(=O)COCCOCCOCCO[C@@H]1O[C@H](CO)[C@H](O)[C@H](O)[C@H]1NC(C)=O)NC(=O)COCCOCCOCCO[C@@H]1O[C@H](CO)[C@H](O)[C@H](O)[C@H]1NC(C)=O. The second-order valence-electron chi connectivity index (χ2n) is 19.6. The molecular formula is C48H92N4O28P2S. The zero-order valence-electron chi connectivity index (χ0n) is 48.3. The number of aliphatic hydroxyl groups is 7. The molecule has 0 saturated carbocycles. The fraction of sp³-hybridized carbons (Fsp3) is 0.917. The molecule has 488 valence electrons. The number of phosphoric ester groups is 1. The van der Waals surface area contributed by atoms with Crippen LogP contribution >= 0.6 is 14.5 Å². The molecule has 0 bridgehead atoms. The molecule has 0 aromatic heterocycles. The van der Waals surface area contributed by atoms with Crippen LogP contribution in [0.1, 0.15) is 73.6 Å². The van der Waals surface area contributed by atoms with Crippen LogP contribution in [0.5, 0.6) is 0 Å². The van der Waals surface area contributed by atoms with E-state index in [1.807, 2.05) is 0 Å². The Labute approximate surface area is 488 Å². The van der Waals surface area contributed by atoms with Crippen molar-refractivity contribution in [2.45, 2.75) is 158 Å². The first-order chi connectivity index (χ1) is 39.2. The molecule has 13 N–H and O–H groups in total. The van der Waals surface area contributed by atoms with Gasteiger partial charge in [0.25, 0.3) is 0 Å². The highest BCUT2D eigenvalue weighted by Gasteiger charge is 2.47. The maximum atomic E-state index is 13.1. The van der Waals surface area contributed by atoms with Gasteiger partial charge in [-0.1, -0.05) is 20.8 Å².